The van der Waals surface area contributed by atoms with Gasteiger partial charge in [-0.2, -0.15) is 5.10 Å². The molecule has 6 nitrogen and oxygen atoms in total. The van der Waals surface area contributed by atoms with Crippen LogP contribution in [-0.2, 0) is 9.59 Å². The van der Waals surface area contributed by atoms with E-state index in [4.69, 9.17) is 0 Å². The molecule has 0 saturated carbocycles. The summed E-state index contributed by atoms with van der Waals surface area (Å²) in [6, 6.07) is 17.9. The Morgan fingerprint density at radius 2 is 1.54 bits per heavy atom. The number of hydrazone groups is 1. The van der Waals surface area contributed by atoms with Gasteiger partial charge in [0.2, 0.25) is 5.91 Å². The van der Waals surface area contributed by atoms with Crippen molar-refractivity contribution in [2.75, 3.05) is 36.1 Å². The van der Waals surface area contributed by atoms with Gasteiger partial charge < -0.3 is 9.80 Å². The average Bonchev–Trinajstić information content (AvgIpc) is 2.75. The van der Waals surface area contributed by atoms with Gasteiger partial charge >= 0.3 is 0 Å². The zero-order chi connectivity index (χ0) is 19.5. The second-order valence-electron chi connectivity index (χ2n) is 7.20. The number of benzene rings is 2. The fourth-order valence-electron chi connectivity index (χ4n) is 3.58. The van der Waals surface area contributed by atoms with E-state index in [0.717, 1.165) is 18.7 Å². The Balaban J connectivity index is 1.45. The first-order chi connectivity index (χ1) is 13.6. The third kappa shape index (κ3) is 3.76. The molecule has 1 fully saturated rings. The minimum Gasteiger partial charge on any atom is -0.368 e. The van der Waals surface area contributed by atoms with Crippen LogP contribution in [0.15, 0.2) is 59.7 Å². The van der Waals surface area contributed by atoms with Gasteiger partial charge in [-0.25, -0.2) is 5.01 Å². The molecule has 0 aromatic heterocycles. The Hall–Kier alpha value is -3.15. The molecule has 0 atom stereocenters. The lowest BCUT2D eigenvalue weighted by Gasteiger charge is -2.36. The van der Waals surface area contributed by atoms with E-state index >= 15 is 0 Å². The predicted molar refractivity (Wildman–Crippen MR) is 111 cm³/mol. The summed E-state index contributed by atoms with van der Waals surface area (Å²) in [5.41, 5.74) is 3.47. The third-order valence-electron chi connectivity index (χ3n) is 5.25. The van der Waals surface area contributed by atoms with Crippen molar-refractivity contribution in [2.45, 2.75) is 19.8 Å². The molecule has 2 aromatic carbocycles. The van der Waals surface area contributed by atoms with Gasteiger partial charge in [-0.05, 0) is 31.2 Å². The number of para-hydroxylation sites is 1. The van der Waals surface area contributed by atoms with Gasteiger partial charge in [0.05, 0.1) is 5.69 Å². The van der Waals surface area contributed by atoms with Crippen LogP contribution in [-0.4, -0.2) is 48.6 Å². The molecule has 0 unspecified atom stereocenters. The number of hydrogen-bond donors (Lipinski definition) is 0. The Kier molecular flexibility index (Phi) is 5.10. The molecule has 6 heteroatoms. The predicted octanol–water partition coefficient (Wildman–Crippen LogP) is 2.83. The van der Waals surface area contributed by atoms with Gasteiger partial charge in [-0.3, -0.25) is 9.59 Å². The second-order valence-corrected chi connectivity index (χ2v) is 7.20. The van der Waals surface area contributed by atoms with Crippen molar-refractivity contribution in [3.63, 3.8) is 0 Å². The number of amides is 2. The SMILES string of the molecule is Cc1ccc(N2N=C(C(=O)N3CCN(c4ccccc4)CC3)CCC2=O)cc1. The third-order valence-corrected chi connectivity index (χ3v) is 5.25. The van der Waals surface area contributed by atoms with Gasteiger partial charge in [-0.1, -0.05) is 35.9 Å². The first-order valence-corrected chi connectivity index (χ1v) is 9.68. The van der Waals surface area contributed by atoms with E-state index < -0.39 is 0 Å². The molecule has 0 N–H and O–H groups in total. The average molecular weight is 376 g/mol. The minimum absolute atomic E-state index is 0.0580. The summed E-state index contributed by atoms with van der Waals surface area (Å²) in [5.74, 6) is -0.133. The largest absolute Gasteiger partial charge is 0.368 e. The molecule has 0 aliphatic carbocycles. The summed E-state index contributed by atoms with van der Waals surface area (Å²) in [6.07, 6.45) is 0.710. The second kappa shape index (κ2) is 7.84. The van der Waals surface area contributed by atoms with Crippen LogP contribution in [0.2, 0.25) is 0 Å². The van der Waals surface area contributed by atoms with E-state index in [0.29, 0.717) is 37.3 Å². The van der Waals surface area contributed by atoms with Crippen LogP contribution in [0.1, 0.15) is 18.4 Å². The number of piperazine rings is 1. The maximum absolute atomic E-state index is 13.0. The molecule has 0 radical (unpaired) electrons. The Labute approximate surface area is 165 Å². The summed E-state index contributed by atoms with van der Waals surface area (Å²) >= 11 is 0. The fraction of sp³-hybridized carbons (Fsp3) is 0.318. The monoisotopic (exact) mass is 376 g/mol. The van der Waals surface area contributed by atoms with Crippen molar-refractivity contribution < 1.29 is 9.59 Å². The first kappa shape index (κ1) is 18.2. The van der Waals surface area contributed by atoms with E-state index in [1.807, 2.05) is 54.3 Å². The van der Waals surface area contributed by atoms with Crippen molar-refractivity contribution >= 4 is 28.9 Å². The molecule has 0 spiro atoms. The molecule has 2 aromatic rings. The molecule has 28 heavy (non-hydrogen) atoms. The Bertz CT molecular complexity index is 885. The van der Waals surface area contributed by atoms with E-state index in [1.54, 1.807) is 0 Å². The lowest BCUT2D eigenvalue weighted by Crippen LogP contribution is -2.51. The number of aryl methyl sites for hydroxylation is 1. The van der Waals surface area contributed by atoms with Crippen molar-refractivity contribution in [1.29, 1.82) is 0 Å². The summed E-state index contributed by atoms with van der Waals surface area (Å²) in [6.45, 7) is 4.90. The topological polar surface area (TPSA) is 56.2 Å². The maximum Gasteiger partial charge on any atom is 0.270 e. The molecular weight excluding hydrogens is 352 g/mol. The molecule has 4 rings (SSSR count). The zero-order valence-electron chi connectivity index (χ0n) is 16.0. The highest BCUT2D eigenvalue weighted by Crippen LogP contribution is 2.22. The number of anilines is 2. The number of nitrogens with zero attached hydrogens (tertiary/aromatic N) is 4. The van der Waals surface area contributed by atoms with Crippen molar-refractivity contribution in [3.8, 4) is 0 Å². The lowest BCUT2D eigenvalue weighted by molar-refractivity contribution is -0.124. The number of carbonyl (C=O) groups is 2. The van der Waals surface area contributed by atoms with Gasteiger partial charge in [0.15, 0.2) is 0 Å². The highest BCUT2D eigenvalue weighted by molar-refractivity contribution is 6.40. The van der Waals surface area contributed by atoms with Crippen LogP contribution >= 0.6 is 0 Å². The number of hydrogen-bond acceptors (Lipinski definition) is 4. The highest BCUT2D eigenvalue weighted by atomic mass is 16.2. The summed E-state index contributed by atoms with van der Waals surface area (Å²) in [5, 5.41) is 5.78. The van der Waals surface area contributed by atoms with E-state index in [2.05, 4.69) is 22.1 Å². The van der Waals surface area contributed by atoms with E-state index in [-0.39, 0.29) is 11.8 Å². The molecule has 2 aliphatic heterocycles. The minimum atomic E-state index is -0.0747. The number of rotatable bonds is 3. The van der Waals surface area contributed by atoms with Gasteiger partial charge in [-0.15, -0.1) is 0 Å². The van der Waals surface area contributed by atoms with Crippen LogP contribution in [0, 0.1) is 6.92 Å². The fourth-order valence-corrected chi connectivity index (χ4v) is 3.58. The summed E-state index contributed by atoms with van der Waals surface area (Å²) in [7, 11) is 0. The van der Waals surface area contributed by atoms with Gasteiger partial charge in [0, 0.05) is 44.7 Å². The molecule has 144 valence electrons. The molecule has 1 saturated heterocycles. The van der Waals surface area contributed by atoms with Crippen molar-refractivity contribution in [2.24, 2.45) is 5.10 Å². The standard InChI is InChI=1S/C22H24N4O2/c1-17-7-9-19(10-8-17)26-21(27)12-11-20(23-26)22(28)25-15-13-24(14-16-25)18-5-3-2-4-6-18/h2-10H,11-16H2,1H3. The van der Waals surface area contributed by atoms with Gasteiger partial charge in [0.25, 0.3) is 5.91 Å². The zero-order valence-corrected chi connectivity index (χ0v) is 16.0. The molecule has 2 amide bonds. The Morgan fingerprint density at radius 1 is 0.857 bits per heavy atom. The molecule has 2 heterocycles. The molecule has 2 aliphatic rings. The molecular formula is C22H24N4O2. The summed E-state index contributed by atoms with van der Waals surface area (Å²) in [4.78, 5) is 29.4. The van der Waals surface area contributed by atoms with E-state index in [9.17, 15) is 9.59 Å². The van der Waals surface area contributed by atoms with Crippen LogP contribution in [0.5, 0.6) is 0 Å². The Morgan fingerprint density at radius 3 is 2.21 bits per heavy atom. The van der Waals surface area contributed by atoms with E-state index in [1.165, 1.54) is 10.7 Å². The normalized spacial score (nSPS) is 17.5. The van der Waals surface area contributed by atoms with Crippen LogP contribution in [0.3, 0.4) is 0 Å². The maximum atomic E-state index is 13.0. The van der Waals surface area contributed by atoms with Crippen LogP contribution in [0.25, 0.3) is 0 Å². The van der Waals surface area contributed by atoms with Crippen LogP contribution in [0.4, 0.5) is 11.4 Å². The highest BCUT2D eigenvalue weighted by Gasteiger charge is 2.30. The van der Waals surface area contributed by atoms with Gasteiger partial charge in [0.1, 0.15) is 5.71 Å². The van der Waals surface area contributed by atoms with Crippen molar-refractivity contribution in [3.05, 3.63) is 60.2 Å². The summed E-state index contributed by atoms with van der Waals surface area (Å²) < 4.78 is 0. The first-order valence-electron chi connectivity index (χ1n) is 9.68. The van der Waals surface area contributed by atoms with Crippen molar-refractivity contribution in [1.82, 2.24) is 4.90 Å². The van der Waals surface area contributed by atoms with Crippen LogP contribution < -0.4 is 9.91 Å². The smallest absolute Gasteiger partial charge is 0.270 e. The molecule has 0 bridgehead atoms. The lowest BCUT2D eigenvalue weighted by atomic mass is 10.1. The quantitative estimate of drug-likeness (QED) is 0.828. The number of carbonyl (C=O) groups excluding carboxylic acids is 2.